The number of aromatic nitrogens is 2. The molecule has 1 fully saturated rings. The molecule has 0 bridgehead atoms. The molecule has 1 heterocycles. The first-order valence-electron chi connectivity index (χ1n) is 16.0. The summed E-state index contributed by atoms with van der Waals surface area (Å²) in [6.07, 6.45) is 29.0. The van der Waals surface area contributed by atoms with E-state index < -0.39 is 0 Å². The van der Waals surface area contributed by atoms with Crippen molar-refractivity contribution < 1.29 is 0 Å². The minimum Gasteiger partial charge on any atom is -0.240 e. The van der Waals surface area contributed by atoms with Gasteiger partial charge in [0.25, 0.3) is 0 Å². The number of nitrogens with zero attached hydrogens (tertiary/aromatic N) is 3. The van der Waals surface area contributed by atoms with Crippen molar-refractivity contribution in [3.05, 3.63) is 48.0 Å². The van der Waals surface area contributed by atoms with Gasteiger partial charge >= 0.3 is 0 Å². The lowest BCUT2D eigenvalue weighted by Gasteiger charge is -2.34. The molecule has 38 heavy (non-hydrogen) atoms. The van der Waals surface area contributed by atoms with Gasteiger partial charge in [0.1, 0.15) is 5.82 Å². The Morgan fingerprint density at radius 2 is 1.24 bits per heavy atom. The SMILES string of the molecule is CCCCCCCCCc1ccc(-c2cnc([C@H]3CC[C@@](C#N)(CCCCCCCCC)CC3)nc2)cc1. The smallest absolute Gasteiger partial charge is 0.131 e. The van der Waals surface area contributed by atoms with E-state index in [2.05, 4.69) is 44.2 Å². The van der Waals surface area contributed by atoms with E-state index in [4.69, 9.17) is 9.97 Å². The van der Waals surface area contributed by atoms with Gasteiger partial charge in [0.2, 0.25) is 0 Å². The van der Waals surface area contributed by atoms with Crippen LogP contribution in [-0.2, 0) is 6.42 Å². The summed E-state index contributed by atoms with van der Waals surface area (Å²) in [6, 6.07) is 11.7. The standard InChI is InChI=1S/C35H53N3/c1-3-5-7-9-11-13-15-17-30-18-20-31(21-19-30)33-27-37-34(38-28-33)32-22-25-35(29-36,26-23-32)24-16-14-12-10-8-6-4-2/h18-21,27-28,32H,3-17,22-26H2,1-2H3/t32-,35-. The molecule has 0 N–H and O–H groups in total. The first-order valence-corrected chi connectivity index (χ1v) is 16.0. The summed E-state index contributed by atoms with van der Waals surface area (Å²) in [5, 5.41) is 9.97. The highest BCUT2D eigenvalue weighted by molar-refractivity contribution is 5.61. The van der Waals surface area contributed by atoms with Crippen molar-refractivity contribution in [3.63, 3.8) is 0 Å². The van der Waals surface area contributed by atoms with E-state index in [1.165, 1.54) is 107 Å². The molecule has 1 aliphatic carbocycles. The summed E-state index contributed by atoms with van der Waals surface area (Å²) in [4.78, 5) is 9.57. The zero-order chi connectivity index (χ0) is 26.9. The van der Waals surface area contributed by atoms with Crippen LogP contribution in [0.1, 0.15) is 153 Å². The largest absolute Gasteiger partial charge is 0.240 e. The number of unbranched alkanes of at least 4 members (excludes halogenated alkanes) is 12. The summed E-state index contributed by atoms with van der Waals surface area (Å²) in [5.41, 5.74) is 3.61. The molecule has 208 valence electrons. The van der Waals surface area contributed by atoms with Gasteiger partial charge in [-0.2, -0.15) is 5.26 Å². The third kappa shape index (κ3) is 10.2. The van der Waals surface area contributed by atoms with Gasteiger partial charge in [-0.3, -0.25) is 0 Å². The Morgan fingerprint density at radius 1 is 0.711 bits per heavy atom. The number of rotatable bonds is 18. The van der Waals surface area contributed by atoms with Crippen molar-refractivity contribution in [1.82, 2.24) is 9.97 Å². The Hall–Kier alpha value is -2.21. The van der Waals surface area contributed by atoms with Gasteiger partial charge in [-0.15, -0.1) is 0 Å². The molecular weight excluding hydrogens is 462 g/mol. The minimum absolute atomic E-state index is 0.114. The fourth-order valence-corrected chi connectivity index (χ4v) is 6.11. The van der Waals surface area contributed by atoms with Crippen molar-refractivity contribution in [2.45, 2.75) is 148 Å². The van der Waals surface area contributed by atoms with Crippen LogP contribution in [0.2, 0.25) is 0 Å². The molecule has 3 rings (SSSR count). The van der Waals surface area contributed by atoms with Gasteiger partial charge in [-0.05, 0) is 56.1 Å². The topological polar surface area (TPSA) is 49.6 Å². The van der Waals surface area contributed by atoms with Crippen LogP contribution >= 0.6 is 0 Å². The Morgan fingerprint density at radius 3 is 1.79 bits per heavy atom. The molecule has 2 aromatic rings. The third-order valence-corrected chi connectivity index (χ3v) is 8.83. The van der Waals surface area contributed by atoms with E-state index in [9.17, 15) is 5.26 Å². The molecule has 0 amide bonds. The predicted octanol–water partition coefficient (Wildman–Crippen LogP) is 10.7. The van der Waals surface area contributed by atoms with Crippen LogP contribution in [0.15, 0.2) is 36.7 Å². The Kier molecular flexibility index (Phi) is 13.9. The molecule has 3 heteroatoms. The minimum atomic E-state index is -0.114. The monoisotopic (exact) mass is 515 g/mol. The van der Waals surface area contributed by atoms with E-state index in [0.29, 0.717) is 5.92 Å². The molecule has 1 aromatic heterocycles. The van der Waals surface area contributed by atoms with Crippen LogP contribution in [0.4, 0.5) is 0 Å². The second-order valence-electron chi connectivity index (χ2n) is 11.9. The molecule has 0 aliphatic heterocycles. The molecule has 3 nitrogen and oxygen atoms in total. The normalized spacial score (nSPS) is 19.3. The molecule has 0 spiro atoms. The zero-order valence-electron chi connectivity index (χ0n) is 24.5. The van der Waals surface area contributed by atoms with E-state index in [1.54, 1.807) is 0 Å². The molecule has 1 aliphatic rings. The molecule has 1 saturated carbocycles. The lowest BCUT2D eigenvalue weighted by molar-refractivity contribution is 0.219. The average Bonchev–Trinajstić information content (AvgIpc) is 2.97. The van der Waals surface area contributed by atoms with Crippen LogP contribution in [0.3, 0.4) is 0 Å². The van der Waals surface area contributed by atoms with Crippen LogP contribution in [-0.4, -0.2) is 9.97 Å². The second kappa shape index (κ2) is 17.4. The Labute approximate surface area is 233 Å². The van der Waals surface area contributed by atoms with Crippen LogP contribution < -0.4 is 0 Å². The number of nitriles is 1. The maximum absolute atomic E-state index is 9.97. The number of benzene rings is 1. The zero-order valence-corrected chi connectivity index (χ0v) is 24.5. The number of aryl methyl sites for hydroxylation is 1. The van der Waals surface area contributed by atoms with Crippen LogP contribution in [0.25, 0.3) is 11.1 Å². The maximum Gasteiger partial charge on any atom is 0.131 e. The van der Waals surface area contributed by atoms with Crippen molar-refractivity contribution in [3.8, 4) is 17.2 Å². The fraction of sp³-hybridized carbons (Fsp3) is 0.686. The van der Waals surface area contributed by atoms with Gasteiger partial charge < -0.3 is 0 Å². The van der Waals surface area contributed by atoms with Crippen molar-refractivity contribution in [2.24, 2.45) is 5.41 Å². The van der Waals surface area contributed by atoms with E-state index in [1.807, 2.05) is 12.4 Å². The van der Waals surface area contributed by atoms with Gasteiger partial charge in [0, 0.05) is 23.9 Å². The van der Waals surface area contributed by atoms with Crippen LogP contribution in [0, 0.1) is 16.7 Å². The lowest BCUT2D eigenvalue weighted by atomic mass is 9.68. The van der Waals surface area contributed by atoms with Crippen LogP contribution in [0.5, 0.6) is 0 Å². The van der Waals surface area contributed by atoms with E-state index in [0.717, 1.165) is 43.5 Å². The van der Waals surface area contributed by atoms with Gasteiger partial charge in [0.05, 0.1) is 11.5 Å². The quantitative estimate of drug-likeness (QED) is 0.185. The third-order valence-electron chi connectivity index (χ3n) is 8.83. The molecule has 0 unspecified atom stereocenters. The Balaban J connectivity index is 1.40. The average molecular weight is 516 g/mol. The van der Waals surface area contributed by atoms with Crippen molar-refractivity contribution >= 4 is 0 Å². The van der Waals surface area contributed by atoms with E-state index in [-0.39, 0.29) is 5.41 Å². The molecular formula is C35H53N3. The predicted molar refractivity (Wildman–Crippen MR) is 161 cm³/mol. The highest BCUT2D eigenvalue weighted by Crippen LogP contribution is 2.45. The second-order valence-corrected chi connectivity index (χ2v) is 11.9. The van der Waals surface area contributed by atoms with Crippen molar-refractivity contribution in [1.29, 1.82) is 5.26 Å². The molecule has 0 radical (unpaired) electrons. The first kappa shape index (κ1) is 30.3. The summed E-state index contributed by atoms with van der Waals surface area (Å²) < 4.78 is 0. The number of hydrogen-bond donors (Lipinski definition) is 0. The van der Waals surface area contributed by atoms with Gasteiger partial charge in [-0.25, -0.2) is 9.97 Å². The molecule has 1 aromatic carbocycles. The fourth-order valence-electron chi connectivity index (χ4n) is 6.11. The van der Waals surface area contributed by atoms with Gasteiger partial charge in [0.15, 0.2) is 0 Å². The maximum atomic E-state index is 9.97. The Bertz CT molecular complexity index is 917. The molecule has 0 saturated heterocycles. The summed E-state index contributed by atoms with van der Waals surface area (Å²) in [7, 11) is 0. The molecule has 0 atom stereocenters. The van der Waals surface area contributed by atoms with Gasteiger partial charge in [-0.1, -0.05) is 122 Å². The highest BCUT2D eigenvalue weighted by Gasteiger charge is 2.36. The lowest BCUT2D eigenvalue weighted by Crippen LogP contribution is -2.26. The highest BCUT2D eigenvalue weighted by atomic mass is 14.9. The summed E-state index contributed by atoms with van der Waals surface area (Å²) in [6.45, 7) is 4.54. The van der Waals surface area contributed by atoms with E-state index >= 15 is 0 Å². The summed E-state index contributed by atoms with van der Waals surface area (Å²) >= 11 is 0. The van der Waals surface area contributed by atoms with Crippen molar-refractivity contribution in [2.75, 3.05) is 0 Å². The summed E-state index contributed by atoms with van der Waals surface area (Å²) in [5.74, 6) is 1.36. The number of hydrogen-bond acceptors (Lipinski definition) is 3. The first-order chi connectivity index (χ1) is 18.7.